The molecule has 0 unspecified atom stereocenters. The van der Waals surface area contributed by atoms with Crippen molar-refractivity contribution in [3.05, 3.63) is 15.6 Å². The van der Waals surface area contributed by atoms with E-state index in [4.69, 9.17) is 5.73 Å². The number of aromatic nitrogens is 1. The molecule has 1 aromatic rings. The number of nitrogens with one attached hydrogen (secondary N) is 1. The van der Waals surface area contributed by atoms with Gasteiger partial charge in [0.05, 0.1) is 17.2 Å². The molecule has 0 bridgehead atoms. The van der Waals surface area contributed by atoms with E-state index in [2.05, 4.69) is 36.1 Å². The zero-order valence-corrected chi connectivity index (χ0v) is 11.2. The molecule has 0 spiro atoms. The maximum atomic E-state index is 5.74. The number of guanidine groups is 1. The van der Waals surface area contributed by atoms with Crippen molar-refractivity contribution in [2.45, 2.75) is 34.2 Å². The lowest BCUT2D eigenvalue weighted by Gasteiger charge is -2.07. The molecule has 90 valence electrons. The second kappa shape index (κ2) is 5.84. The number of hydrogen-bond donors (Lipinski definition) is 2. The fraction of sp³-hybridized carbons (Fsp3) is 0.636. The molecule has 4 nitrogen and oxygen atoms in total. The summed E-state index contributed by atoms with van der Waals surface area (Å²) in [7, 11) is 0. The monoisotopic (exact) mass is 240 g/mol. The van der Waals surface area contributed by atoms with E-state index < -0.39 is 0 Å². The van der Waals surface area contributed by atoms with Crippen LogP contribution >= 0.6 is 11.3 Å². The molecule has 0 aliphatic heterocycles. The molecule has 0 aliphatic rings. The highest BCUT2D eigenvalue weighted by Crippen LogP contribution is 2.16. The quantitative estimate of drug-likeness (QED) is 0.623. The third-order valence-electron chi connectivity index (χ3n) is 2.09. The average Bonchev–Trinajstić information content (AvgIpc) is 2.51. The molecule has 5 heteroatoms. The average molecular weight is 240 g/mol. The Kier molecular flexibility index (Phi) is 4.73. The van der Waals surface area contributed by atoms with Crippen LogP contribution in [0.5, 0.6) is 0 Å². The number of hydrogen-bond acceptors (Lipinski definition) is 3. The summed E-state index contributed by atoms with van der Waals surface area (Å²) in [5.41, 5.74) is 6.77. The summed E-state index contributed by atoms with van der Waals surface area (Å²) in [6, 6.07) is 0. The van der Waals surface area contributed by atoms with Crippen LogP contribution in [-0.4, -0.2) is 17.5 Å². The molecule has 0 saturated carbocycles. The van der Waals surface area contributed by atoms with Crippen LogP contribution in [0.4, 0.5) is 0 Å². The molecular weight excluding hydrogens is 220 g/mol. The van der Waals surface area contributed by atoms with Gasteiger partial charge in [0.15, 0.2) is 5.96 Å². The highest BCUT2D eigenvalue weighted by molar-refractivity contribution is 7.11. The summed E-state index contributed by atoms with van der Waals surface area (Å²) in [5.74, 6) is 1.07. The van der Waals surface area contributed by atoms with Gasteiger partial charge in [0.25, 0.3) is 0 Å². The van der Waals surface area contributed by atoms with Crippen molar-refractivity contribution in [2.24, 2.45) is 16.6 Å². The van der Waals surface area contributed by atoms with Gasteiger partial charge < -0.3 is 11.1 Å². The molecule has 0 fully saturated rings. The molecule has 0 atom stereocenters. The Labute approximate surface area is 101 Å². The number of nitrogens with two attached hydrogens (primary N) is 1. The first-order valence-corrected chi connectivity index (χ1v) is 6.27. The Bertz CT molecular complexity index is 368. The van der Waals surface area contributed by atoms with Crippen LogP contribution < -0.4 is 11.1 Å². The van der Waals surface area contributed by atoms with Crippen LogP contribution in [0.25, 0.3) is 0 Å². The molecule has 0 amide bonds. The smallest absolute Gasteiger partial charge is 0.188 e. The van der Waals surface area contributed by atoms with Gasteiger partial charge in [-0.25, -0.2) is 9.98 Å². The normalized spacial score (nSPS) is 12.2. The third kappa shape index (κ3) is 4.18. The molecule has 0 saturated heterocycles. The summed E-state index contributed by atoms with van der Waals surface area (Å²) >= 11 is 1.70. The van der Waals surface area contributed by atoms with E-state index in [0.29, 0.717) is 18.4 Å². The highest BCUT2D eigenvalue weighted by atomic mass is 32.1. The van der Waals surface area contributed by atoms with Crippen LogP contribution in [0.15, 0.2) is 4.99 Å². The van der Waals surface area contributed by atoms with Gasteiger partial charge in [-0.05, 0) is 19.8 Å². The first kappa shape index (κ1) is 13.0. The maximum Gasteiger partial charge on any atom is 0.188 e. The summed E-state index contributed by atoms with van der Waals surface area (Å²) in [4.78, 5) is 9.89. The second-order valence-corrected chi connectivity index (χ2v) is 5.62. The van der Waals surface area contributed by atoms with Crippen molar-refractivity contribution in [3.63, 3.8) is 0 Å². The van der Waals surface area contributed by atoms with Gasteiger partial charge in [-0.1, -0.05) is 13.8 Å². The Hall–Kier alpha value is -1.10. The van der Waals surface area contributed by atoms with Crippen molar-refractivity contribution in [3.8, 4) is 0 Å². The minimum Gasteiger partial charge on any atom is -0.370 e. The Morgan fingerprint density at radius 2 is 2.19 bits per heavy atom. The molecule has 3 N–H and O–H groups in total. The molecule has 1 heterocycles. The minimum atomic E-state index is 0.499. The van der Waals surface area contributed by atoms with Gasteiger partial charge in [-0.3, -0.25) is 0 Å². The third-order valence-corrected chi connectivity index (χ3v) is 3.02. The first-order chi connectivity index (χ1) is 7.49. The number of nitrogens with zero attached hydrogens (tertiary/aromatic N) is 2. The van der Waals surface area contributed by atoms with E-state index in [1.165, 1.54) is 4.88 Å². The van der Waals surface area contributed by atoms with E-state index in [9.17, 15) is 0 Å². The lowest BCUT2D eigenvalue weighted by molar-refractivity contribution is 0.621. The molecule has 0 aliphatic carbocycles. The fourth-order valence-electron chi connectivity index (χ4n) is 1.24. The summed E-state index contributed by atoms with van der Waals surface area (Å²) in [5, 5.41) is 4.16. The Balaban J connectivity index is 2.49. The molecule has 1 rings (SSSR count). The topological polar surface area (TPSA) is 63.3 Å². The number of rotatable bonds is 4. The summed E-state index contributed by atoms with van der Waals surface area (Å²) in [6.45, 7) is 9.75. The van der Waals surface area contributed by atoms with Crippen LogP contribution in [0.3, 0.4) is 0 Å². The highest BCUT2D eigenvalue weighted by Gasteiger charge is 2.03. The maximum absolute atomic E-state index is 5.74. The van der Waals surface area contributed by atoms with Crippen LogP contribution in [-0.2, 0) is 6.54 Å². The molecule has 0 radical (unpaired) electrons. The standard InChI is InChI=1S/C11H20N4S/c1-7(2)5-13-11(12)14-6-10-8(3)16-9(4)15-10/h7H,5-6H2,1-4H3,(H3,12,13,14). The zero-order valence-electron chi connectivity index (χ0n) is 10.4. The van der Waals surface area contributed by atoms with E-state index in [0.717, 1.165) is 17.2 Å². The van der Waals surface area contributed by atoms with Crippen LogP contribution in [0, 0.1) is 19.8 Å². The lowest BCUT2D eigenvalue weighted by Crippen LogP contribution is -2.34. The van der Waals surface area contributed by atoms with Crippen molar-refractivity contribution in [2.75, 3.05) is 6.54 Å². The predicted molar refractivity (Wildman–Crippen MR) is 69.8 cm³/mol. The van der Waals surface area contributed by atoms with Gasteiger partial charge in [0, 0.05) is 11.4 Å². The number of aryl methyl sites for hydroxylation is 2. The van der Waals surface area contributed by atoms with Crippen LogP contribution in [0.1, 0.15) is 29.4 Å². The van der Waals surface area contributed by atoms with Gasteiger partial charge in [0.2, 0.25) is 0 Å². The van der Waals surface area contributed by atoms with Gasteiger partial charge in [-0.15, -0.1) is 11.3 Å². The van der Waals surface area contributed by atoms with E-state index in [-0.39, 0.29) is 0 Å². The van der Waals surface area contributed by atoms with Gasteiger partial charge in [-0.2, -0.15) is 0 Å². The fourth-order valence-corrected chi connectivity index (χ4v) is 2.07. The largest absolute Gasteiger partial charge is 0.370 e. The van der Waals surface area contributed by atoms with Crippen molar-refractivity contribution in [1.82, 2.24) is 10.3 Å². The Morgan fingerprint density at radius 1 is 1.50 bits per heavy atom. The van der Waals surface area contributed by atoms with Crippen molar-refractivity contribution >= 4 is 17.3 Å². The lowest BCUT2D eigenvalue weighted by atomic mass is 10.2. The van der Waals surface area contributed by atoms with E-state index in [1.807, 2.05) is 6.92 Å². The molecule has 1 aromatic heterocycles. The molecule has 16 heavy (non-hydrogen) atoms. The number of aliphatic imine (C=N–C) groups is 1. The van der Waals surface area contributed by atoms with Crippen molar-refractivity contribution in [1.29, 1.82) is 0 Å². The second-order valence-electron chi connectivity index (χ2n) is 4.21. The Morgan fingerprint density at radius 3 is 2.69 bits per heavy atom. The number of thiazole rings is 1. The zero-order chi connectivity index (χ0) is 12.1. The van der Waals surface area contributed by atoms with Crippen LogP contribution in [0.2, 0.25) is 0 Å². The van der Waals surface area contributed by atoms with E-state index in [1.54, 1.807) is 11.3 Å². The van der Waals surface area contributed by atoms with Gasteiger partial charge in [0.1, 0.15) is 0 Å². The minimum absolute atomic E-state index is 0.499. The van der Waals surface area contributed by atoms with Crippen molar-refractivity contribution < 1.29 is 0 Å². The van der Waals surface area contributed by atoms with E-state index >= 15 is 0 Å². The molecular formula is C11H20N4S. The summed E-state index contributed by atoms with van der Waals surface area (Å²) in [6.07, 6.45) is 0. The van der Waals surface area contributed by atoms with Gasteiger partial charge >= 0.3 is 0 Å². The first-order valence-electron chi connectivity index (χ1n) is 5.45. The summed E-state index contributed by atoms with van der Waals surface area (Å²) < 4.78 is 0. The predicted octanol–water partition coefficient (Wildman–Crippen LogP) is 1.82. The SMILES string of the molecule is Cc1nc(CN=C(N)NCC(C)C)c(C)s1. The molecule has 0 aromatic carbocycles.